The Kier molecular flexibility index (Phi) is 6.78. The second-order valence-corrected chi connectivity index (χ2v) is 5.29. The van der Waals surface area contributed by atoms with Gasteiger partial charge in [0.15, 0.2) is 0 Å². The van der Waals surface area contributed by atoms with E-state index in [1.807, 2.05) is 30.3 Å². The standard InChI is InChI=1S/C19H22FNO2/c1-2-7-15-8-4-6-11-19(15)23-14-17(22)13-21-12-16-9-3-5-10-18(16)20/h2-6,8-11,17,21-22H,1,7,12-14H2. The van der Waals surface area contributed by atoms with Crippen molar-refractivity contribution in [2.24, 2.45) is 0 Å². The van der Waals surface area contributed by atoms with Crippen LogP contribution in [0, 0.1) is 5.82 Å². The van der Waals surface area contributed by atoms with Crippen molar-refractivity contribution in [3.63, 3.8) is 0 Å². The molecular weight excluding hydrogens is 293 g/mol. The van der Waals surface area contributed by atoms with Crippen molar-refractivity contribution in [2.45, 2.75) is 19.1 Å². The largest absolute Gasteiger partial charge is 0.491 e. The summed E-state index contributed by atoms with van der Waals surface area (Å²) in [4.78, 5) is 0. The first-order chi connectivity index (χ1) is 11.2. The molecule has 2 rings (SSSR count). The Morgan fingerprint density at radius 1 is 1.13 bits per heavy atom. The molecule has 1 atom stereocenters. The SMILES string of the molecule is C=CCc1ccccc1OCC(O)CNCc1ccccc1F. The number of halogens is 1. The zero-order valence-electron chi connectivity index (χ0n) is 13.0. The van der Waals surface area contributed by atoms with Crippen molar-refractivity contribution in [1.29, 1.82) is 0 Å². The average Bonchev–Trinajstić information content (AvgIpc) is 2.56. The molecule has 0 heterocycles. The third-order valence-electron chi connectivity index (χ3n) is 3.42. The van der Waals surface area contributed by atoms with Crippen LogP contribution in [0.25, 0.3) is 0 Å². The van der Waals surface area contributed by atoms with Gasteiger partial charge in [0, 0.05) is 18.7 Å². The molecule has 2 N–H and O–H groups in total. The van der Waals surface area contributed by atoms with Crippen LogP contribution < -0.4 is 10.1 Å². The van der Waals surface area contributed by atoms with E-state index in [1.54, 1.807) is 18.2 Å². The number of benzene rings is 2. The van der Waals surface area contributed by atoms with Crippen LogP contribution in [0.1, 0.15) is 11.1 Å². The lowest BCUT2D eigenvalue weighted by atomic mass is 10.1. The Bertz CT molecular complexity index is 630. The molecule has 0 aliphatic rings. The molecule has 122 valence electrons. The molecule has 0 aliphatic carbocycles. The van der Waals surface area contributed by atoms with Gasteiger partial charge in [0.05, 0.1) is 0 Å². The number of aliphatic hydroxyl groups is 1. The summed E-state index contributed by atoms with van der Waals surface area (Å²) in [5, 5.41) is 13.0. The molecule has 2 aromatic carbocycles. The molecule has 0 spiro atoms. The predicted octanol–water partition coefficient (Wildman–Crippen LogP) is 3.08. The number of allylic oxidation sites excluding steroid dienone is 1. The highest BCUT2D eigenvalue weighted by Gasteiger charge is 2.08. The van der Waals surface area contributed by atoms with Crippen molar-refractivity contribution >= 4 is 0 Å². The third kappa shape index (κ3) is 5.51. The minimum absolute atomic E-state index is 0.179. The van der Waals surface area contributed by atoms with E-state index < -0.39 is 6.10 Å². The lowest BCUT2D eigenvalue weighted by Crippen LogP contribution is -2.31. The van der Waals surface area contributed by atoms with Gasteiger partial charge in [-0.15, -0.1) is 6.58 Å². The maximum absolute atomic E-state index is 13.5. The number of aliphatic hydroxyl groups excluding tert-OH is 1. The van der Waals surface area contributed by atoms with E-state index >= 15 is 0 Å². The van der Waals surface area contributed by atoms with Gasteiger partial charge in [-0.25, -0.2) is 4.39 Å². The highest BCUT2D eigenvalue weighted by Crippen LogP contribution is 2.18. The van der Waals surface area contributed by atoms with Crippen LogP contribution in [-0.2, 0) is 13.0 Å². The van der Waals surface area contributed by atoms with E-state index in [2.05, 4.69) is 11.9 Å². The second-order valence-electron chi connectivity index (χ2n) is 5.29. The Labute approximate surface area is 136 Å². The number of hydrogen-bond acceptors (Lipinski definition) is 3. The highest BCUT2D eigenvalue weighted by molar-refractivity contribution is 5.34. The van der Waals surface area contributed by atoms with Gasteiger partial charge in [0.1, 0.15) is 24.3 Å². The lowest BCUT2D eigenvalue weighted by Gasteiger charge is -2.15. The van der Waals surface area contributed by atoms with Crippen LogP contribution in [0.2, 0.25) is 0 Å². The van der Waals surface area contributed by atoms with Gasteiger partial charge in [-0.3, -0.25) is 0 Å². The summed E-state index contributed by atoms with van der Waals surface area (Å²) in [6, 6.07) is 14.3. The summed E-state index contributed by atoms with van der Waals surface area (Å²) in [6.45, 7) is 4.61. The molecule has 0 amide bonds. The normalized spacial score (nSPS) is 11.9. The van der Waals surface area contributed by atoms with Gasteiger partial charge in [-0.2, -0.15) is 0 Å². The molecule has 23 heavy (non-hydrogen) atoms. The molecule has 0 aromatic heterocycles. The molecule has 4 heteroatoms. The van der Waals surface area contributed by atoms with Gasteiger partial charge in [0.2, 0.25) is 0 Å². The lowest BCUT2D eigenvalue weighted by molar-refractivity contribution is 0.105. The summed E-state index contributed by atoms with van der Waals surface area (Å²) < 4.78 is 19.1. The first-order valence-electron chi connectivity index (χ1n) is 7.64. The van der Waals surface area contributed by atoms with E-state index in [9.17, 15) is 9.50 Å². The van der Waals surface area contributed by atoms with Gasteiger partial charge in [-0.05, 0) is 24.1 Å². The minimum Gasteiger partial charge on any atom is -0.491 e. The summed E-state index contributed by atoms with van der Waals surface area (Å²) in [5.41, 5.74) is 1.62. The van der Waals surface area contributed by atoms with Gasteiger partial charge >= 0.3 is 0 Å². The topological polar surface area (TPSA) is 41.5 Å². The summed E-state index contributed by atoms with van der Waals surface area (Å²) in [6.07, 6.45) is 1.87. The number of ether oxygens (including phenoxy) is 1. The molecule has 0 aliphatic heterocycles. The van der Waals surface area contributed by atoms with Crippen LogP contribution in [-0.4, -0.2) is 24.4 Å². The van der Waals surface area contributed by atoms with E-state index in [0.29, 0.717) is 18.7 Å². The first kappa shape index (κ1) is 17.2. The average molecular weight is 315 g/mol. The number of hydrogen-bond donors (Lipinski definition) is 2. The van der Waals surface area contributed by atoms with Crippen LogP contribution in [0.5, 0.6) is 5.75 Å². The zero-order valence-corrected chi connectivity index (χ0v) is 13.0. The Morgan fingerprint density at radius 3 is 2.57 bits per heavy atom. The number of rotatable bonds is 9. The molecule has 0 saturated carbocycles. The van der Waals surface area contributed by atoms with E-state index in [1.165, 1.54) is 6.07 Å². The molecule has 1 unspecified atom stereocenters. The van der Waals surface area contributed by atoms with Gasteiger partial charge in [-0.1, -0.05) is 42.5 Å². The van der Waals surface area contributed by atoms with Crippen molar-refractivity contribution in [2.75, 3.05) is 13.2 Å². The van der Waals surface area contributed by atoms with E-state index in [4.69, 9.17) is 4.74 Å². The quantitative estimate of drug-likeness (QED) is 0.699. The Hall–Kier alpha value is -2.17. The zero-order chi connectivity index (χ0) is 16.5. The number of nitrogens with one attached hydrogen (secondary N) is 1. The van der Waals surface area contributed by atoms with E-state index in [-0.39, 0.29) is 12.4 Å². The summed E-state index contributed by atoms with van der Waals surface area (Å²) in [7, 11) is 0. The molecule has 0 fully saturated rings. The molecule has 0 saturated heterocycles. The van der Waals surface area contributed by atoms with Crippen LogP contribution >= 0.6 is 0 Å². The maximum atomic E-state index is 13.5. The van der Waals surface area contributed by atoms with Crippen LogP contribution in [0.3, 0.4) is 0 Å². The fourth-order valence-electron chi connectivity index (χ4n) is 2.23. The molecule has 3 nitrogen and oxygen atoms in total. The Morgan fingerprint density at radius 2 is 1.83 bits per heavy atom. The molecule has 2 aromatic rings. The van der Waals surface area contributed by atoms with Crippen LogP contribution in [0.4, 0.5) is 4.39 Å². The monoisotopic (exact) mass is 315 g/mol. The molecule has 0 radical (unpaired) electrons. The van der Waals surface area contributed by atoms with Crippen molar-refractivity contribution in [3.05, 3.63) is 78.1 Å². The fourth-order valence-corrected chi connectivity index (χ4v) is 2.23. The second kappa shape index (κ2) is 9.08. The fraction of sp³-hybridized carbons (Fsp3) is 0.263. The first-order valence-corrected chi connectivity index (χ1v) is 7.64. The highest BCUT2D eigenvalue weighted by atomic mass is 19.1. The van der Waals surface area contributed by atoms with Crippen molar-refractivity contribution in [1.82, 2.24) is 5.32 Å². The number of para-hydroxylation sites is 1. The van der Waals surface area contributed by atoms with Gasteiger partial charge in [0.25, 0.3) is 0 Å². The summed E-state index contributed by atoms with van der Waals surface area (Å²) in [5.74, 6) is 0.504. The van der Waals surface area contributed by atoms with Crippen molar-refractivity contribution in [3.8, 4) is 5.75 Å². The smallest absolute Gasteiger partial charge is 0.127 e. The maximum Gasteiger partial charge on any atom is 0.127 e. The van der Waals surface area contributed by atoms with Crippen molar-refractivity contribution < 1.29 is 14.2 Å². The summed E-state index contributed by atoms with van der Waals surface area (Å²) >= 11 is 0. The van der Waals surface area contributed by atoms with Gasteiger partial charge < -0.3 is 15.2 Å². The van der Waals surface area contributed by atoms with Crippen LogP contribution in [0.15, 0.2) is 61.2 Å². The molecule has 0 bridgehead atoms. The minimum atomic E-state index is -0.668. The Balaban J connectivity index is 1.76. The predicted molar refractivity (Wildman–Crippen MR) is 90.0 cm³/mol. The molecular formula is C19H22FNO2. The van der Waals surface area contributed by atoms with E-state index in [0.717, 1.165) is 17.7 Å². The third-order valence-corrected chi connectivity index (χ3v) is 3.42.